The molecule has 0 bridgehead atoms. The third kappa shape index (κ3) is 3.74. The van der Waals surface area contributed by atoms with Crippen LogP contribution in [0.2, 0.25) is 0 Å². The minimum Gasteiger partial charge on any atom is -0.373 e. The fourth-order valence-electron chi connectivity index (χ4n) is 2.14. The van der Waals surface area contributed by atoms with Gasteiger partial charge in [0.2, 0.25) is 0 Å². The first-order valence-corrected chi connectivity index (χ1v) is 6.29. The summed E-state index contributed by atoms with van der Waals surface area (Å²) in [6.45, 7) is 5.48. The predicted molar refractivity (Wildman–Crippen MR) is 73.3 cm³/mol. The summed E-state index contributed by atoms with van der Waals surface area (Å²) in [6.07, 6.45) is 0.953. The first-order chi connectivity index (χ1) is 8.55. The molecule has 1 aliphatic rings. The van der Waals surface area contributed by atoms with Crippen LogP contribution in [0.15, 0.2) is 35.3 Å². The maximum absolute atomic E-state index is 5.87. The van der Waals surface area contributed by atoms with Crippen LogP contribution in [-0.2, 0) is 11.3 Å². The van der Waals surface area contributed by atoms with Crippen molar-refractivity contribution in [3.8, 4) is 0 Å². The first-order valence-electron chi connectivity index (χ1n) is 6.29. The highest BCUT2D eigenvalue weighted by atomic mass is 16.5. The smallest absolute Gasteiger partial charge is 0.189 e. The van der Waals surface area contributed by atoms with E-state index in [-0.39, 0.29) is 11.6 Å². The van der Waals surface area contributed by atoms with Gasteiger partial charge in [-0.25, -0.2) is 4.99 Å². The largest absolute Gasteiger partial charge is 0.373 e. The summed E-state index contributed by atoms with van der Waals surface area (Å²) in [6, 6.07) is 10.3. The number of ether oxygens (including phenoxy) is 1. The zero-order valence-electron chi connectivity index (χ0n) is 11.0. The van der Waals surface area contributed by atoms with Crippen molar-refractivity contribution >= 4 is 5.96 Å². The highest BCUT2D eigenvalue weighted by molar-refractivity contribution is 5.78. The van der Waals surface area contributed by atoms with Gasteiger partial charge in [-0.15, -0.1) is 0 Å². The maximum atomic E-state index is 5.87. The van der Waals surface area contributed by atoms with E-state index in [1.807, 2.05) is 30.3 Å². The number of guanidine groups is 1. The van der Waals surface area contributed by atoms with Gasteiger partial charge in [0.1, 0.15) is 0 Å². The molecule has 1 unspecified atom stereocenters. The quantitative estimate of drug-likeness (QED) is 0.631. The molecule has 0 aliphatic carbocycles. The van der Waals surface area contributed by atoms with Gasteiger partial charge < -0.3 is 15.8 Å². The number of nitrogens with zero attached hydrogens (tertiary/aromatic N) is 1. The average Bonchev–Trinajstić information content (AvgIpc) is 2.67. The van der Waals surface area contributed by atoms with Crippen molar-refractivity contribution in [2.45, 2.75) is 38.5 Å². The van der Waals surface area contributed by atoms with Crippen molar-refractivity contribution in [1.82, 2.24) is 5.32 Å². The number of hydrogen-bond acceptors (Lipinski definition) is 2. The minimum atomic E-state index is -0.0582. The van der Waals surface area contributed by atoms with Crippen LogP contribution in [0.5, 0.6) is 0 Å². The number of nitrogens with one attached hydrogen (secondary N) is 1. The monoisotopic (exact) mass is 247 g/mol. The Labute approximate surface area is 108 Å². The third-order valence-corrected chi connectivity index (χ3v) is 3.04. The molecule has 1 aliphatic heterocycles. The molecule has 0 amide bonds. The van der Waals surface area contributed by atoms with E-state index in [9.17, 15) is 0 Å². The van der Waals surface area contributed by atoms with E-state index in [1.165, 1.54) is 0 Å². The Bertz CT molecular complexity index is 414. The van der Waals surface area contributed by atoms with E-state index in [0.29, 0.717) is 19.1 Å². The molecule has 3 N–H and O–H groups in total. The van der Waals surface area contributed by atoms with Gasteiger partial charge in [0.25, 0.3) is 0 Å². The van der Waals surface area contributed by atoms with E-state index < -0.39 is 0 Å². The fraction of sp³-hybridized carbons (Fsp3) is 0.500. The molecule has 1 atom stereocenters. The summed E-state index contributed by atoms with van der Waals surface area (Å²) < 4.78 is 5.64. The van der Waals surface area contributed by atoms with Gasteiger partial charge >= 0.3 is 0 Å². The topological polar surface area (TPSA) is 59.6 Å². The predicted octanol–water partition coefficient (Wildman–Crippen LogP) is 1.66. The summed E-state index contributed by atoms with van der Waals surface area (Å²) in [4.78, 5) is 4.33. The molecule has 0 aromatic heterocycles. The second kappa shape index (κ2) is 5.40. The molecule has 98 valence electrons. The summed E-state index contributed by atoms with van der Waals surface area (Å²) in [5.74, 6) is 0.491. The lowest BCUT2D eigenvalue weighted by atomic mass is 10.0. The second-order valence-corrected chi connectivity index (χ2v) is 5.30. The number of rotatable bonds is 3. The van der Waals surface area contributed by atoms with Crippen LogP contribution >= 0.6 is 0 Å². The van der Waals surface area contributed by atoms with Gasteiger partial charge in [0.05, 0.1) is 24.8 Å². The highest BCUT2D eigenvalue weighted by Gasteiger charge is 2.31. The molecular formula is C14H21N3O. The molecule has 1 aromatic carbocycles. The molecule has 4 nitrogen and oxygen atoms in total. The molecule has 0 spiro atoms. The Kier molecular flexibility index (Phi) is 3.87. The van der Waals surface area contributed by atoms with Crippen molar-refractivity contribution in [3.63, 3.8) is 0 Å². The SMILES string of the molecule is CC1(C)CC(NC(N)=NCc2ccccc2)CO1. The second-order valence-electron chi connectivity index (χ2n) is 5.30. The third-order valence-electron chi connectivity index (χ3n) is 3.04. The van der Waals surface area contributed by atoms with Gasteiger partial charge in [-0.2, -0.15) is 0 Å². The summed E-state index contributed by atoms with van der Waals surface area (Å²) in [5.41, 5.74) is 6.97. The minimum absolute atomic E-state index is 0.0582. The molecule has 0 radical (unpaired) electrons. The molecule has 18 heavy (non-hydrogen) atoms. The van der Waals surface area contributed by atoms with Crippen LogP contribution in [0.3, 0.4) is 0 Å². The van der Waals surface area contributed by atoms with Crippen LogP contribution < -0.4 is 11.1 Å². The normalized spacial score (nSPS) is 23.0. The lowest BCUT2D eigenvalue weighted by Crippen LogP contribution is -2.40. The van der Waals surface area contributed by atoms with Crippen LogP contribution in [0.25, 0.3) is 0 Å². The average molecular weight is 247 g/mol. The Hall–Kier alpha value is -1.55. The van der Waals surface area contributed by atoms with Crippen LogP contribution in [0, 0.1) is 0 Å². The maximum Gasteiger partial charge on any atom is 0.189 e. The molecule has 4 heteroatoms. The molecule has 1 heterocycles. The van der Waals surface area contributed by atoms with Crippen molar-refractivity contribution in [1.29, 1.82) is 0 Å². The van der Waals surface area contributed by atoms with E-state index in [1.54, 1.807) is 0 Å². The summed E-state index contributed by atoms with van der Waals surface area (Å²) >= 11 is 0. The number of benzene rings is 1. The Balaban J connectivity index is 1.83. The van der Waals surface area contributed by atoms with Gasteiger partial charge in [0, 0.05) is 0 Å². The molecule has 1 fully saturated rings. The molecular weight excluding hydrogens is 226 g/mol. The standard InChI is InChI=1S/C14H21N3O/c1-14(2)8-12(10-18-14)17-13(15)16-9-11-6-4-3-5-7-11/h3-7,12H,8-10H2,1-2H3,(H3,15,16,17). The van der Waals surface area contributed by atoms with Crippen molar-refractivity contribution in [2.24, 2.45) is 10.7 Å². The van der Waals surface area contributed by atoms with Gasteiger partial charge in [-0.3, -0.25) is 0 Å². The Morgan fingerprint density at radius 2 is 2.17 bits per heavy atom. The molecule has 1 saturated heterocycles. The number of aliphatic imine (C=N–C) groups is 1. The van der Waals surface area contributed by atoms with E-state index in [0.717, 1.165) is 12.0 Å². The zero-order valence-corrected chi connectivity index (χ0v) is 11.0. The molecule has 0 saturated carbocycles. The summed E-state index contributed by atoms with van der Waals surface area (Å²) in [5, 5.41) is 3.21. The van der Waals surface area contributed by atoms with Gasteiger partial charge in [-0.05, 0) is 25.8 Å². The van der Waals surface area contributed by atoms with Crippen LogP contribution in [0.4, 0.5) is 0 Å². The number of nitrogens with two attached hydrogens (primary N) is 1. The number of hydrogen-bond donors (Lipinski definition) is 2. The lowest BCUT2D eigenvalue weighted by molar-refractivity contribution is 0.0359. The molecule has 1 aromatic rings. The van der Waals surface area contributed by atoms with E-state index in [4.69, 9.17) is 10.5 Å². The fourth-order valence-corrected chi connectivity index (χ4v) is 2.14. The van der Waals surface area contributed by atoms with E-state index in [2.05, 4.69) is 24.2 Å². The van der Waals surface area contributed by atoms with Crippen molar-refractivity contribution in [2.75, 3.05) is 6.61 Å². The van der Waals surface area contributed by atoms with Gasteiger partial charge in [-0.1, -0.05) is 30.3 Å². The van der Waals surface area contributed by atoms with Crippen molar-refractivity contribution in [3.05, 3.63) is 35.9 Å². The van der Waals surface area contributed by atoms with Crippen LogP contribution in [0.1, 0.15) is 25.8 Å². The highest BCUT2D eigenvalue weighted by Crippen LogP contribution is 2.24. The Morgan fingerprint density at radius 1 is 1.44 bits per heavy atom. The first kappa shape index (κ1) is 12.9. The zero-order chi connectivity index (χ0) is 13.0. The van der Waals surface area contributed by atoms with Gasteiger partial charge in [0.15, 0.2) is 5.96 Å². The lowest BCUT2D eigenvalue weighted by Gasteiger charge is -2.16. The van der Waals surface area contributed by atoms with Crippen LogP contribution in [-0.4, -0.2) is 24.2 Å². The van der Waals surface area contributed by atoms with E-state index >= 15 is 0 Å². The Morgan fingerprint density at radius 3 is 2.78 bits per heavy atom. The molecule has 2 rings (SSSR count). The van der Waals surface area contributed by atoms with Crippen molar-refractivity contribution < 1.29 is 4.74 Å². The summed E-state index contributed by atoms with van der Waals surface area (Å²) in [7, 11) is 0.